The summed E-state index contributed by atoms with van der Waals surface area (Å²) in [6, 6.07) is 2.34. The molecule has 0 bridgehead atoms. The molecule has 3 nitrogen and oxygen atoms in total. The maximum Gasteiger partial charge on any atom is 0.122 e. The van der Waals surface area contributed by atoms with Crippen LogP contribution in [0.25, 0.3) is 0 Å². The minimum absolute atomic E-state index is 0.230. The lowest BCUT2D eigenvalue weighted by molar-refractivity contribution is 0.0692. The first-order valence-corrected chi connectivity index (χ1v) is 5.72. The molecule has 84 valence electrons. The van der Waals surface area contributed by atoms with Crippen LogP contribution in [-0.2, 0) is 17.9 Å². The van der Waals surface area contributed by atoms with Crippen molar-refractivity contribution < 1.29 is 4.74 Å². The average molecular weight is 208 g/mol. The van der Waals surface area contributed by atoms with Gasteiger partial charge < -0.3 is 15.0 Å². The molecule has 1 aliphatic rings. The van der Waals surface area contributed by atoms with Crippen LogP contribution in [0.2, 0.25) is 0 Å². The van der Waals surface area contributed by atoms with Gasteiger partial charge in [0.05, 0.1) is 6.61 Å². The van der Waals surface area contributed by atoms with Crippen LogP contribution in [0.3, 0.4) is 0 Å². The summed E-state index contributed by atoms with van der Waals surface area (Å²) in [6.45, 7) is 3.62. The molecule has 0 aromatic carbocycles. The van der Waals surface area contributed by atoms with Crippen molar-refractivity contribution in [3.63, 3.8) is 0 Å². The predicted octanol–water partition coefficient (Wildman–Crippen LogP) is 1.76. The van der Waals surface area contributed by atoms with Gasteiger partial charge in [0.15, 0.2) is 0 Å². The fourth-order valence-corrected chi connectivity index (χ4v) is 1.67. The van der Waals surface area contributed by atoms with Gasteiger partial charge in [0.1, 0.15) is 6.73 Å². The third-order valence-electron chi connectivity index (χ3n) is 2.66. The van der Waals surface area contributed by atoms with E-state index in [1.165, 1.54) is 18.4 Å². The number of hydrogen-bond acceptors (Lipinski definition) is 2. The minimum atomic E-state index is 0.230. The van der Waals surface area contributed by atoms with Crippen LogP contribution in [0.5, 0.6) is 0 Å². The molecule has 1 aromatic heterocycles. The van der Waals surface area contributed by atoms with E-state index in [0.29, 0.717) is 6.73 Å². The Morgan fingerprint density at radius 1 is 1.60 bits per heavy atom. The lowest BCUT2D eigenvalue weighted by atomic mass is 10.1. The molecule has 1 aromatic rings. The van der Waals surface area contributed by atoms with Crippen molar-refractivity contribution in [3.8, 4) is 0 Å². The summed E-state index contributed by atoms with van der Waals surface area (Å²) in [6.07, 6.45) is 7.82. The topological polar surface area (TPSA) is 40.2 Å². The normalized spacial score (nSPS) is 18.0. The zero-order chi connectivity index (χ0) is 10.7. The van der Waals surface area contributed by atoms with E-state index in [9.17, 15) is 0 Å². The second-order valence-corrected chi connectivity index (χ2v) is 4.66. The van der Waals surface area contributed by atoms with Gasteiger partial charge in [-0.3, -0.25) is 0 Å². The second-order valence-electron chi connectivity index (χ2n) is 4.66. The lowest BCUT2D eigenvalue weighted by Gasteiger charge is -2.04. The highest BCUT2D eigenvalue weighted by atomic mass is 16.5. The minimum Gasteiger partial charge on any atom is -0.361 e. The van der Waals surface area contributed by atoms with E-state index >= 15 is 0 Å². The number of rotatable bonds is 6. The van der Waals surface area contributed by atoms with Crippen LogP contribution < -0.4 is 5.73 Å². The van der Waals surface area contributed by atoms with Crippen molar-refractivity contribution in [3.05, 3.63) is 24.0 Å². The van der Waals surface area contributed by atoms with Gasteiger partial charge in [0.25, 0.3) is 0 Å². The summed E-state index contributed by atoms with van der Waals surface area (Å²) in [5.41, 5.74) is 7.03. The van der Waals surface area contributed by atoms with E-state index in [4.69, 9.17) is 10.5 Å². The third kappa shape index (κ3) is 3.68. The molecule has 1 fully saturated rings. The Labute approximate surface area is 91.2 Å². The molecule has 2 N–H and O–H groups in total. The SMILES string of the molecule is CC(N)Cc1ccn(COCC2CC2)c1. The van der Waals surface area contributed by atoms with Crippen molar-refractivity contribution in [1.29, 1.82) is 0 Å². The van der Waals surface area contributed by atoms with E-state index in [0.717, 1.165) is 18.9 Å². The standard InChI is InChI=1S/C12H20N2O/c1-10(13)6-12-4-5-14(7-12)9-15-8-11-2-3-11/h4-5,7,10-11H,2-3,6,8-9,13H2,1H3. The highest BCUT2D eigenvalue weighted by Crippen LogP contribution is 2.28. The maximum atomic E-state index is 5.74. The Bertz CT molecular complexity index is 302. The van der Waals surface area contributed by atoms with Gasteiger partial charge in [0, 0.05) is 18.4 Å². The molecule has 0 radical (unpaired) electrons. The zero-order valence-electron chi connectivity index (χ0n) is 9.36. The van der Waals surface area contributed by atoms with Crippen LogP contribution >= 0.6 is 0 Å². The zero-order valence-corrected chi connectivity index (χ0v) is 9.36. The summed E-state index contributed by atoms with van der Waals surface area (Å²) in [5.74, 6) is 0.837. The van der Waals surface area contributed by atoms with Crippen molar-refractivity contribution >= 4 is 0 Å². The van der Waals surface area contributed by atoms with E-state index in [2.05, 4.69) is 23.0 Å². The van der Waals surface area contributed by atoms with Crippen LogP contribution in [0.1, 0.15) is 25.3 Å². The van der Waals surface area contributed by atoms with E-state index in [1.807, 2.05) is 6.92 Å². The van der Waals surface area contributed by atoms with Gasteiger partial charge in [-0.05, 0) is 43.7 Å². The van der Waals surface area contributed by atoms with Gasteiger partial charge in [0.2, 0.25) is 0 Å². The Morgan fingerprint density at radius 3 is 3.07 bits per heavy atom. The van der Waals surface area contributed by atoms with Crippen LogP contribution in [-0.4, -0.2) is 17.2 Å². The summed E-state index contributed by atoms with van der Waals surface area (Å²) in [5, 5.41) is 0. The highest BCUT2D eigenvalue weighted by Gasteiger charge is 2.20. The van der Waals surface area contributed by atoms with E-state index in [-0.39, 0.29) is 6.04 Å². The third-order valence-corrected chi connectivity index (χ3v) is 2.66. The van der Waals surface area contributed by atoms with Crippen LogP contribution in [0, 0.1) is 5.92 Å². The van der Waals surface area contributed by atoms with Gasteiger partial charge >= 0.3 is 0 Å². The molecule has 15 heavy (non-hydrogen) atoms. The fraction of sp³-hybridized carbons (Fsp3) is 0.667. The highest BCUT2D eigenvalue weighted by molar-refractivity contribution is 5.11. The molecule has 0 spiro atoms. The summed E-state index contributed by atoms with van der Waals surface area (Å²) >= 11 is 0. The fourth-order valence-electron chi connectivity index (χ4n) is 1.67. The Morgan fingerprint density at radius 2 is 2.40 bits per heavy atom. The quantitative estimate of drug-likeness (QED) is 0.774. The Kier molecular flexibility index (Phi) is 3.44. The number of nitrogens with two attached hydrogens (primary N) is 1. The van der Waals surface area contributed by atoms with Crippen LogP contribution in [0.4, 0.5) is 0 Å². The van der Waals surface area contributed by atoms with Gasteiger partial charge in [-0.2, -0.15) is 0 Å². The van der Waals surface area contributed by atoms with Gasteiger partial charge in [-0.25, -0.2) is 0 Å². The van der Waals surface area contributed by atoms with Crippen molar-refractivity contribution in [2.75, 3.05) is 6.61 Å². The molecule has 0 aliphatic heterocycles. The van der Waals surface area contributed by atoms with Crippen molar-refractivity contribution in [1.82, 2.24) is 4.57 Å². The Balaban J connectivity index is 1.73. The van der Waals surface area contributed by atoms with Crippen molar-refractivity contribution in [2.24, 2.45) is 11.7 Å². The first-order valence-electron chi connectivity index (χ1n) is 5.72. The molecular weight excluding hydrogens is 188 g/mol. The van der Waals surface area contributed by atoms with Gasteiger partial charge in [-0.1, -0.05) is 0 Å². The largest absolute Gasteiger partial charge is 0.361 e. The monoisotopic (exact) mass is 208 g/mol. The number of ether oxygens (including phenoxy) is 1. The maximum absolute atomic E-state index is 5.74. The first-order chi connectivity index (χ1) is 7.24. The van der Waals surface area contributed by atoms with Crippen LogP contribution in [0.15, 0.2) is 18.5 Å². The molecule has 3 heteroatoms. The molecule has 1 atom stereocenters. The average Bonchev–Trinajstić information content (AvgIpc) is 2.88. The molecule has 1 unspecified atom stereocenters. The smallest absolute Gasteiger partial charge is 0.122 e. The number of hydrogen-bond donors (Lipinski definition) is 1. The molecule has 2 rings (SSSR count). The molecule has 0 amide bonds. The molecular formula is C12H20N2O. The van der Waals surface area contributed by atoms with Crippen molar-refractivity contribution in [2.45, 2.75) is 39.0 Å². The summed E-state index contributed by atoms with van der Waals surface area (Å²) < 4.78 is 7.68. The number of nitrogens with zero attached hydrogens (tertiary/aromatic N) is 1. The van der Waals surface area contributed by atoms with E-state index in [1.54, 1.807) is 0 Å². The lowest BCUT2D eigenvalue weighted by Crippen LogP contribution is -2.17. The first kappa shape index (κ1) is 10.7. The number of aromatic nitrogens is 1. The second kappa shape index (κ2) is 4.81. The Hall–Kier alpha value is -0.800. The molecule has 1 saturated carbocycles. The predicted molar refractivity (Wildman–Crippen MR) is 60.5 cm³/mol. The summed E-state index contributed by atoms with van der Waals surface area (Å²) in [4.78, 5) is 0. The molecule has 0 saturated heterocycles. The van der Waals surface area contributed by atoms with Gasteiger partial charge in [-0.15, -0.1) is 0 Å². The molecule has 1 aliphatic carbocycles. The molecule has 1 heterocycles. The van der Waals surface area contributed by atoms with E-state index < -0.39 is 0 Å². The summed E-state index contributed by atoms with van der Waals surface area (Å²) in [7, 11) is 0.